The van der Waals surface area contributed by atoms with Crippen LogP contribution in [-0.2, 0) is 40.3 Å². The number of hydroxylamine groups is 2. The van der Waals surface area contributed by atoms with E-state index in [1.807, 2.05) is 0 Å². The quantitative estimate of drug-likeness (QED) is 0.0480. The zero-order chi connectivity index (χ0) is 33.8. The van der Waals surface area contributed by atoms with E-state index in [1.165, 1.54) is 13.8 Å². The zero-order valence-electron chi connectivity index (χ0n) is 25.0. The van der Waals surface area contributed by atoms with Crippen molar-refractivity contribution in [3.63, 3.8) is 0 Å². The van der Waals surface area contributed by atoms with Crippen molar-refractivity contribution in [1.29, 1.82) is 0 Å². The first-order chi connectivity index (χ1) is 21.6. The van der Waals surface area contributed by atoms with E-state index in [-0.39, 0.29) is 16.9 Å². The lowest BCUT2D eigenvalue weighted by Crippen LogP contribution is -2.76. The van der Waals surface area contributed by atoms with Gasteiger partial charge in [0.2, 0.25) is 0 Å². The number of thiazole rings is 1. The molecule has 2 fully saturated rings. The van der Waals surface area contributed by atoms with Crippen LogP contribution in [0, 0.1) is 0 Å². The van der Waals surface area contributed by atoms with Crippen molar-refractivity contribution in [2.75, 3.05) is 25.4 Å². The second kappa shape index (κ2) is 14.0. The van der Waals surface area contributed by atoms with Gasteiger partial charge in [-0.3, -0.25) is 19.1 Å². The van der Waals surface area contributed by atoms with Gasteiger partial charge in [0.05, 0.1) is 11.6 Å². The number of rotatable bonds is 14. The molecule has 0 radical (unpaired) electrons. The highest BCUT2D eigenvalue weighted by atomic mass is 32.3. The number of oxime groups is 1. The molecule has 2 saturated heterocycles. The van der Waals surface area contributed by atoms with Crippen molar-refractivity contribution in [3.05, 3.63) is 40.4 Å². The number of hydrogen-bond acceptors (Lipinski definition) is 14. The van der Waals surface area contributed by atoms with Crippen LogP contribution in [0.5, 0.6) is 5.75 Å². The Bertz CT molecular complexity index is 1640. The standard InChI is InChI=1S/C26H34N8O10S2/c1-4-17-18(31-25(28)45-17)19(22(35)32-20-23(36)34(26(20,2)3)44-46(39,40)41)33-43-16(24(37)38)12-42-15-7-5-13(6-8-15)21(27)30-14-9-10-29-11-14/h5-8,14,16,20,29H,4,9-12H2,1-3H3,(H2,27,30)(H2,28,31)(H,32,35)(H,37,38)(H,39,40,41). The maximum absolute atomic E-state index is 13.4. The number of ether oxygens (including phenoxy) is 1. The molecule has 2 aliphatic heterocycles. The number of anilines is 1. The predicted molar refractivity (Wildman–Crippen MR) is 164 cm³/mol. The van der Waals surface area contributed by atoms with Crippen molar-refractivity contribution in [2.45, 2.75) is 57.3 Å². The lowest BCUT2D eigenvalue weighted by molar-refractivity contribution is -0.218. The summed E-state index contributed by atoms with van der Waals surface area (Å²) in [6, 6.07) is 5.30. The number of aliphatic imine (C=N–C) groups is 1. The zero-order valence-corrected chi connectivity index (χ0v) is 26.6. The van der Waals surface area contributed by atoms with Crippen LogP contribution in [0.3, 0.4) is 0 Å². The second-order valence-corrected chi connectivity index (χ2v) is 12.9. The second-order valence-electron chi connectivity index (χ2n) is 10.7. The summed E-state index contributed by atoms with van der Waals surface area (Å²) in [4.78, 5) is 52.4. The van der Waals surface area contributed by atoms with Crippen molar-refractivity contribution in [1.82, 2.24) is 20.7 Å². The van der Waals surface area contributed by atoms with Gasteiger partial charge in [0.25, 0.3) is 17.9 Å². The Labute approximate surface area is 267 Å². The van der Waals surface area contributed by atoms with Gasteiger partial charge in [-0.1, -0.05) is 12.1 Å². The fourth-order valence-electron chi connectivity index (χ4n) is 4.58. The Morgan fingerprint density at radius 2 is 2.00 bits per heavy atom. The van der Waals surface area contributed by atoms with E-state index in [0.29, 0.717) is 33.5 Å². The van der Waals surface area contributed by atoms with Crippen molar-refractivity contribution in [3.8, 4) is 5.75 Å². The minimum absolute atomic E-state index is 0.00796. The Kier molecular flexibility index (Phi) is 10.5. The average molecular weight is 683 g/mol. The number of aryl methyl sites for hydroxylation is 1. The smallest absolute Gasteiger partial charge is 0.418 e. The fraction of sp³-hybridized carbons (Fsp3) is 0.462. The molecule has 250 valence electrons. The minimum Gasteiger partial charge on any atom is -0.489 e. The number of carbonyl (C=O) groups is 3. The molecule has 3 heterocycles. The summed E-state index contributed by atoms with van der Waals surface area (Å²) in [6.07, 6.45) is -0.430. The molecular formula is C26H34N8O10S2. The van der Waals surface area contributed by atoms with E-state index in [0.717, 1.165) is 30.8 Å². The van der Waals surface area contributed by atoms with Crippen LogP contribution >= 0.6 is 11.3 Å². The lowest BCUT2D eigenvalue weighted by atomic mass is 9.84. The summed E-state index contributed by atoms with van der Waals surface area (Å²) in [7, 11) is -5.02. The molecule has 8 N–H and O–H groups in total. The van der Waals surface area contributed by atoms with Crippen LogP contribution in [0.2, 0.25) is 0 Å². The van der Waals surface area contributed by atoms with Gasteiger partial charge in [-0.25, -0.2) is 9.78 Å². The van der Waals surface area contributed by atoms with Crippen molar-refractivity contribution < 1.29 is 46.3 Å². The molecule has 18 nitrogen and oxygen atoms in total. The van der Waals surface area contributed by atoms with Gasteiger partial charge in [-0.05, 0) is 57.5 Å². The molecule has 2 aromatic rings. The number of aromatic nitrogens is 1. The van der Waals surface area contributed by atoms with Gasteiger partial charge in [0.1, 0.15) is 29.9 Å². The number of amides is 2. The van der Waals surface area contributed by atoms with E-state index < -0.39 is 58.2 Å². The van der Waals surface area contributed by atoms with E-state index in [9.17, 15) is 27.9 Å². The number of benzene rings is 1. The molecule has 1 aromatic carbocycles. The molecule has 20 heteroatoms. The number of carboxylic acids is 1. The molecule has 2 aliphatic rings. The highest BCUT2D eigenvalue weighted by Gasteiger charge is 2.58. The number of aliphatic carboxylic acids is 1. The SMILES string of the molecule is CCc1sc(N)nc1C(=NOC(COc1ccc(C(N)=NC2CCNC2)cc1)C(=O)O)C(=O)NC1C(=O)N(OS(=O)(=O)O)C1(C)C. The maximum atomic E-state index is 13.4. The van der Waals surface area contributed by atoms with Gasteiger partial charge >= 0.3 is 16.4 Å². The summed E-state index contributed by atoms with van der Waals surface area (Å²) in [5.41, 5.74) is 10.7. The van der Waals surface area contributed by atoms with Gasteiger partial charge in [-0.15, -0.1) is 15.6 Å². The minimum atomic E-state index is -5.02. The Balaban J connectivity index is 1.49. The van der Waals surface area contributed by atoms with Gasteiger partial charge < -0.3 is 36.8 Å². The summed E-state index contributed by atoms with van der Waals surface area (Å²) >= 11 is 1.06. The molecule has 0 spiro atoms. The normalized spacial score (nSPS) is 20.6. The van der Waals surface area contributed by atoms with Crippen LogP contribution in [0.4, 0.5) is 5.13 Å². The molecule has 0 saturated carbocycles. The highest BCUT2D eigenvalue weighted by molar-refractivity contribution is 7.80. The van der Waals surface area contributed by atoms with Crippen LogP contribution in [-0.4, -0.2) is 101 Å². The van der Waals surface area contributed by atoms with E-state index in [4.69, 9.17) is 25.6 Å². The van der Waals surface area contributed by atoms with E-state index >= 15 is 0 Å². The number of nitrogens with two attached hydrogens (primary N) is 2. The van der Waals surface area contributed by atoms with Crippen LogP contribution in [0.25, 0.3) is 0 Å². The van der Waals surface area contributed by atoms with Crippen LogP contribution in [0.15, 0.2) is 34.4 Å². The molecule has 0 bridgehead atoms. The van der Waals surface area contributed by atoms with Crippen molar-refractivity contribution >= 4 is 56.2 Å². The molecule has 0 aliphatic carbocycles. The topological polar surface area (TPSA) is 270 Å². The Morgan fingerprint density at radius 1 is 1.30 bits per heavy atom. The average Bonchev–Trinajstić information content (AvgIpc) is 3.64. The maximum Gasteiger partial charge on any atom is 0.418 e. The third kappa shape index (κ3) is 8.07. The molecule has 1 aromatic heterocycles. The number of nitrogens with one attached hydrogen (secondary N) is 2. The number of nitrogens with zero attached hydrogens (tertiary/aromatic N) is 4. The van der Waals surface area contributed by atoms with Gasteiger partial charge in [0.15, 0.2) is 10.8 Å². The fourth-order valence-corrected chi connectivity index (χ4v) is 5.81. The Morgan fingerprint density at radius 3 is 2.57 bits per heavy atom. The summed E-state index contributed by atoms with van der Waals surface area (Å²) in [6.45, 7) is 5.62. The summed E-state index contributed by atoms with van der Waals surface area (Å²) < 4.78 is 41.1. The first kappa shape index (κ1) is 34.5. The number of amidine groups is 1. The van der Waals surface area contributed by atoms with Gasteiger partial charge in [-0.2, -0.15) is 13.5 Å². The summed E-state index contributed by atoms with van der Waals surface area (Å²) in [5.74, 6) is -2.78. The third-order valence-corrected chi connectivity index (χ3v) is 8.42. The van der Waals surface area contributed by atoms with Crippen molar-refractivity contribution in [2.24, 2.45) is 15.9 Å². The molecule has 3 atom stereocenters. The van der Waals surface area contributed by atoms with Gasteiger partial charge in [0, 0.05) is 17.0 Å². The third-order valence-electron chi connectivity index (χ3n) is 7.05. The van der Waals surface area contributed by atoms with Crippen LogP contribution in [0.1, 0.15) is 43.3 Å². The van der Waals surface area contributed by atoms with Crippen LogP contribution < -0.4 is 26.8 Å². The molecule has 4 rings (SSSR count). The number of carboxylic acid groups (broad SMARTS) is 1. The molecular weight excluding hydrogens is 648 g/mol. The number of hydrogen-bond donors (Lipinski definition) is 6. The number of carbonyl (C=O) groups excluding carboxylic acids is 2. The molecule has 3 unspecified atom stereocenters. The first-order valence-corrected chi connectivity index (χ1v) is 16.1. The molecule has 2 amide bonds. The predicted octanol–water partition coefficient (Wildman–Crippen LogP) is -0.552. The number of nitrogen functional groups attached to an aromatic ring is 1. The number of β-lactam (4-membered cyclic amide) rings is 1. The summed E-state index contributed by atoms with van der Waals surface area (Å²) in [5, 5.41) is 19.7. The molecule has 46 heavy (non-hydrogen) atoms. The van der Waals surface area contributed by atoms with E-state index in [2.05, 4.69) is 30.0 Å². The lowest BCUT2D eigenvalue weighted by Gasteiger charge is -2.50. The first-order valence-electron chi connectivity index (χ1n) is 13.9. The van der Waals surface area contributed by atoms with E-state index in [1.54, 1.807) is 31.2 Å². The highest BCUT2D eigenvalue weighted by Crippen LogP contribution is 2.33. The Hall–Kier alpha value is -4.37. The largest absolute Gasteiger partial charge is 0.489 e. The monoisotopic (exact) mass is 682 g/mol.